The first kappa shape index (κ1) is 18.4. The lowest BCUT2D eigenvalue weighted by Gasteiger charge is -2.21. The van der Waals surface area contributed by atoms with E-state index in [1.54, 1.807) is 13.4 Å². The van der Waals surface area contributed by atoms with Gasteiger partial charge in [0.1, 0.15) is 12.2 Å². The lowest BCUT2D eigenvalue weighted by atomic mass is 10.1. The van der Waals surface area contributed by atoms with Crippen molar-refractivity contribution in [2.24, 2.45) is 10.9 Å². The van der Waals surface area contributed by atoms with Gasteiger partial charge in [-0.2, -0.15) is 0 Å². The summed E-state index contributed by atoms with van der Waals surface area (Å²) in [4.78, 5) is 4.53. The molecule has 2 N–H and O–H groups in total. The maximum absolute atomic E-state index is 5.06. The number of hydrogen-bond acceptors (Lipinski definition) is 4. The minimum atomic E-state index is 0.356. The number of nitrogens with one attached hydrogen (secondary N) is 2. The Morgan fingerprint density at radius 3 is 2.82 bits per heavy atom. The molecule has 0 bridgehead atoms. The first-order valence-electron chi connectivity index (χ1n) is 7.98. The van der Waals surface area contributed by atoms with Crippen LogP contribution in [0.15, 0.2) is 11.3 Å². The molecule has 1 rings (SSSR count). The topological polar surface area (TPSA) is 76.4 Å². The Morgan fingerprint density at radius 1 is 1.41 bits per heavy atom. The predicted octanol–water partition coefficient (Wildman–Crippen LogP) is 1.07. The molecule has 0 spiro atoms. The molecule has 0 aromatic carbocycles. The number of rotatable bonds is 9. The van der Waals surface area contributed by atoms with Crippen LogP contribution in [0.3, 0.4) is 0 Å². The van der Waals surface area contributed by atoms with Gasteiger partial charge in [-0.05, 0) is 12.8 Å². The molecule has 0 amide bonds. The van der Waals surface area contributed by atoms with Gasteiger partial charge < -0.3 is 19.9 Å². The molecular formula is C15H30N6O. The van der Waals surface area contributed by atoms with Crippen LogP contribution in [-0.2, 0) is 17.7 Å². The zero-order valence-electron chi connectivity index (χ0n) is 14.5. The molecule has 1 heterocycles. The third-order valence-electron chi connectivity index (χ3n) is 3.59. The molecule has 0 aliphatic heterocycles. The van der Waals surface area contributed by atoms with Crippen molar-refractivity contribution in [2.45, 2.75) is 46.7 Å². The van der Waals surface area contributed by atoms with E-state index in [0.29, 0.717) is 25.1 Å². The van der Waals surface area contributed by atoms with Gasteiger partial charge in [-0.1, -0.05) is 20.8 Å². The number of aryl methyl sites for hydroxylation is 1. The van der Waals surface area contributed by atoms with Crippen molar-refractivity contribution in [3.8, 4) is 0 Å². The molecule has 22 heavy (non-hydrogen) atoms. The number of hydrogen-bond donors (Lipinski definition) is 2. The van der Waals surface area contributed by atoms with Crippen LogP contribution >= 0.6 is 0 Å². The standard InChI is InChI=1S/C15H30N6O/c1-6-14-20-18-11-21(14)9-7-16-15(17-8-10-22-5)19-13(4)12(2)3/h11-13H,6-10H2,1-5H3,(H2,16,17,19). The Balaban J connectivity index is 2.51. The molecule has 7 heteroatoms. The van der Waals surface area contributed by atoms with Crippen molar-refractivity contribution in [1.82, 2.24) is 25.4 Å². The number of methoxy groups -OCH3 is 1. The molecule has 1 aromatic heterocycles. The van der Waals surface area contributed by atoms with E-state index in [0.717, 1.165) is 31.3 Å². The highest BCUT2D eigenvalue weighted by Crippen LogP contribution is 1.99. The number of ether oxygens (including phenoxy) is 1. The van der Waals surface area contributed by atoms with Gasteiger partial charge >= 0.3 is 0 Å². The van der Waals surface area contributed by atoms with E-state index in [9.17, 15) is 0 Å². The average Bonchev–Trinajstić information content (AvgIpc) is 2.94. The molecule has 126 valence electrons. The van der Waals surface area contributed by atoms with Crippen LogP contribution in [0.25, 0.3) is 0 Å². The first-order chi connectivity index (χ1) is 10.6. The highest BCUT2D eigenvalue weighted by Gasteiger charge is 2.09. The molecule has 1 unspecified atom stereocenters. The van der Waals surface area contributed by atoms with E-state index in [1.165, 1.54) is 0 Å². The summed E-state index contributed by atoms with van der Waals surface area (Å²) >= 11 is 0. The Kier molecular flexibility index (Phi) is 8.50. The van der Waals surface area contributed by atoms with E-state index in [2.05, 4.69) is 58.1 Å². The van der Waals surface area contributed by atoms with Gasteiger partial charge in [0.25, 0.3) is 0 Å². The molecule has 7 nitrogen and oxygen atoms in total. The van der Waals surface area contributed by atoms with E-state index in [4.69, 9.17) is 4.74 Å². The molecule has 0 fully saturated rings. The van der Waals surface area contributed by atoms with E-state index < -0.39 is 0 Å². The number of aliphatic imine (C=N–C) groups is 1. The average molecular weight is 310 g/mol. The van der Waals surface area contributed by atoms with Crippen LogP contribution in [0.1, 0.15) is 33.5 Å². The van der Waals surface area contributed by atoms with Crippen LogP contribution in [0.4, 0.5) is 0 Å². The third kappa shape index (κ3) is 6.43. The van der Waals surface area contributed by atoms with Crippen molar-refractivity contribution < 1.29 is 4.74 Å². The Bertz CT molecular complexity index is 443. The fraction of sp³-hybridized carbons (Fsp3) is 0.800. The second-order valence-electron chi connectivity index (χ2n) is 5.62. The highest BCUT2D eigenvalue weighted by molar-refractivity contribution is 5.80. The zero-order valence-corrected chi connectivity index (χ0v) is 14.5. The minimum absolute atomic E-state index is 0.356. The summed E-state index contributed by atoms with van der Waals surface area (Å²) in [5.41, 5.74) is 0. The number of nitrogens with zero attached hydrogens (tertiary/aromatic N) is 4. The Hall–Kier alpha value is -1.63. The fourth-order valence-electron chi connectivity index (χ4n) is 1.82. The summed E-state index contributed by atoms with van der Waals surface area (Å²) < 4.78 is 7.12. The highest BCUT2D eigenvalue weighted by atomic mass is 16.5. The third-order valence-corrected chi connectivity index (χ3v) is 3.59. The van der Waals surface area contributed by atoms with Gasteiger partial charge in [0.05, 0.1) is 13.2 Å². The summed E-state index contributed by atoms with van der Waals surface area (Å²) in [6, 6.07) is 0.356. The molecule has 0 saturated carbocycles. The Morgan fingerprint density at radius 2 is 2.18 bits per heavy atom. The van der Waals surface area contributed by atoms with E-state index in [1.807, 2.05) is 0 Å². The second kappa shape index (κ2) is 10.2. The van der Waals surface area contributed by atoms with Crippen LogP contribution in [0.5, 0.6) is 0 Å². The smallest absolute Gasteiger partial charge is 0.191 e. The molecule has 0 aliphatic carbocycles. The molecular weight excluding hydrogens is 280 g/mol. The summed E-state index contributed by atoms with van der Waals surface area (Å²) in [7, 11) is 1.69. The van der Waals surface area contributed by atoms with Gasteiger partial charge in [0.2, 0.25) is 0 Å². The SMILES string of the molecule is CCc1nncn1CCNC(=NCCOC)NC(C)C(C)C. The van der Waals surface area contributed by atoms with Crippen molar-refractivity contribution >= 4 is 5.96 Å². The molecule has 0 aliphatic rings. The van der Waals surface area contributed by atoms with Crippen LogP contribution in [-0.4, -0.2) is 53.6 Å². The summed E-state index contributed by atoms with van der Waals surface area (Å²) in [5.74, 6) is 2.37. The molecule has 0 saturated heterocycles. The number of aromatic nitrogens is 3. The normalized spacial score (nSPS) is 13.5. The van der Waals surface area contributed by atoms with E-state index in [-0.39, 0.29) is 0 Å². The second-order valence-corrected chi connectivity index (χ2v) is 5.62. The monoisotopic (exact) mass is 310 g/mol. The molecule has 1 aromatic rings. The Labute approximate surface area is 133 Å². The largest absolute Gasteiger partial charge is 0.383 e. The van der Waals surface area contributed by atoms with E-state index >= 15 is 0 Å². The van der Waals surface area contributed by atoms with Crippen LogP contribution in [0, 0.1) is 5.92 Å². The summed E-state index contributed by atoms with van der Waals surface area (Å²) in [5, 5.41) is 14.8. The quantitative estimate of drug-likeness (QED) is 0.405. The first-order valence-corrected chi connectivity index (χ1v) is 7.98. The number of guanidine groups is 1. The summed E-state index contributed by atoms with van der Waals surface area (Å²) in [6.07, 6.45) is 2.66. The maximum Gasteiger partial charge on any atom is 0.191 e. The van der Waals surface area contributed by atoms with Gasteiger partial charge in [-0.3, -0.25) is 4.99 Å². The lowest BCUT2D eigenvalue weighted by molar-refractivity contribution is 0.207. The van der Waals surface area contributed by atoms with Crippen molar-refractivity contribution in [1.29, 1.82) is 0 Å². The predicted molar refractivity (Wildman–Crippen MR) is 89.0 cm³/mol. The van der Waals surface area contributed by atoms with Gasteiger partial charge in [0.15, 0.2) is 5.96 Å². The van der Waals surface area contributed by atoms with Crippen LogP contribution in [0.2, 0.25) is 0 Å². The van der Waals surface area contributed by atoms with Gasteiger partial charge in [-0.15, -0.1) is 10.2 Å². The molecule has 0 radical (unpaired) electrons. The molecule has 1 atom stereocenters. The van der Waals surface area contributed by atoms with Crippen molar-refractivity contribution in [3.63, 3.8) is 0 Å². The summed E-state index contributed by atoms with van der Waals surface area (Å²) in [6.45, 7) is 11.5. The van der Waals surface area contributed by atoms with Gasteiger partial charge in [-0.25, -0.2) is 0 Å². The minimum Gasteiger partial charge on any atom is -0.383 e. The van der Waals surface area contributed by atoms with Gasteiger partial charge in [0, 0.05) is 32.7 Å². The zero-order chi connectivity index (χ0) is 16.4. The van der Waals surface area contributed by atoms with Crippen molar-refractivity contribution in [3.05, 3.63) is 12.2 Å². The van der Waals surface area contributed by atoms with Crippen LogP contribution < -0.4 is 10.6 Å². The van der Waals surface area contributed by atoms with Crippen molar-refractivity contribution in [2.75, 3.05) is 26.8 Å². The lowest BCUT2D eigenvalue weighted by Crippen LogP contribution is -2.45. The maximum atomic E-state index is 5.06. The fourth-order valence-corrected chi connectivity index (χ4v) is 1.82.